The van der Waals surface area contributed by atoms with Crippen LogP contribution >= 0.6 is 34.5 Å². The van der Waals surface area contributed by atoms with Crippen LogP contribution in [0, 0.1) is 6.92 Å². The van der Waals surface area contributed by atoms with Gasteiger partial charge in [0.25, 0.3) is 5.19 Å². The molecule has 0 saturated heterocycles. The second kappa shape index (κ2) is 6.07. The Bertz CT molecular complexity index is 584. The van der Waals surface area contributed by atoms with Gasteiger partial charge in [-0.3, -0.25) is 0 Å². The van der Waals surface area contributed by atoms with E-state index in [-0.39, 0.29) is 0 Å². The van der Waals surface area contributed by atoms with Crippen LogP contribution in [0.1, 0.15) is 35.9 Å². The predicted molar refractivity (Wildman–Crippen MR) is 79.8 cm³/mol. The van der Waals surface area contributed by atoms with Crippen molar-refractivity contribution >= 4 is 34.5 Å². The molecular formula is C13H14Cl2N2OS. The van der Waals surface area contributed by atoms with E-state index in [9.17, 15) is 0 Å². The Labute approximate surface area is 126 Å². The minimum Gasteiger partial charge on any atom is -0.430 e. The maximum absolute atomic E-state index is 6.23. The fourth-order valence-electron chi connectivity index (χ4n) is 1.65. The first kappa shape index (κ1) is 14.6. The summed E-state index contributed by atoms with van der Waals surface area (Å²) in [6, 6.07) is 3.87. The summed E-state index contributed by atoms with van der Waals surface area (Å²) in [5, 5.41) is 9.87. The molecule has 0 bridgehead atoms. The highest BCUT2D eigenvalue weighted by Crippen LogP contribution is 2.34. The fraction of sp³-hybridized carbons (Fsp3) is 0.385. The van der Waals surface area contributed by atoms with Gasteiger partial charge in [-0.1, -0.05) is 41.9 Å². The van der Waals surface area contributed by atoms with Gasteiger partial charge in [0.15, 0.2) is 0 Å². The van der Waals surface area contributed by atoms with E-state index in [0.29, 0.717) is 17.0 Å². The molecular weight excluding hydrogens is 303 g/mol. The first-order chi connectivity index (χ1) is 9.01. The van der Waals surface area contributed by atoms with Crippen LogP contribution in [0.25, 0.3) is 0 Å². The van der Waals surface area contributed by atoms with Gasteiger partial charge in [0.2, 0.25) is 0 Å². The van der Waals surface area contributed by atoms with Crippen molar-refractivity contribution in [2.45, 2.75) is 32.6 Å². The molecule has 1 aromatic heterocycles. The molecule has 0 fully saturated rings. The number of benzene rings is 1. The summed E-state index contributed by atoms with van der Waals surface area (Å²) in [5.41, 5.74) is 2.03. The van der Waals surface area contributed by atoms with Crippen molar-refractivity contribution in [1.29, 1.82) is 0 Å². The standard InChI is InChI=1S/C13H14Cl2N2OS/c1-7(2)9-5-11(8(3)4-10(9)15)18-13-17-16-12(6-14)19-13/h4-5,7H,6H2,1-3H3. The van der Waals surface area contributed by atoms with Gasteiger partial charge in [-0.15, -0.1) is 16.7 Å². The number of hydrogen-bond donors (Lipinski definition) is 0. The molecule has 0 unspecified atom stereocenters. The lowest BCUT2D eigenvalue weighted by molar-refractivity contribution is 0.468. The number of aromatic nitrogens is 2. The average molecular weight is 317 g/mol. The summed E-state index contributed by atoms with van der Waals surface area (Å²) in [7, 11) is 0. The van der Waals surface area contributed by atoms with E-state index >= 15 is 0 Å². The van der Waals surface area contributed by atoms with Crippen LogP contribution in [0.4, 0.5) is 0 Å². The zero-order valence-corrected chi connectivity index (χ0v) is 13.2. The molecule has 102 valence electrons. The minimum absolute atomic E-state index is 0.336. The average Bonchev–Trinajstić information content (AvgIpc) is 2.80. The van der Waals surface area contributed by atoms with Gasteiger partial charge in [-0.25, -0.2) is 0 Å². The Kier molecular flexibility index (Phi) is 4.66. The third-order valence-electron chi connectivity index (χ3n) is 2.68. The second-order valence-corrected chi connectivity index (χ2v) is 6.19. The molecule has 0 spiro atoms. The molecule has 3 nitrogen and oxygen atoms in total. The van der Waals surface area contributed by atoms with Gasteiger partial charge >= 0.3 is 0 Å². The van der Waals surface area contributed by atoms with E-state index in [1.165, 1.54) is 11.3 Å². The number of rotatable bonds is 4. The molecule has 0 amide bonds. The van der Waals surface area contributed by atoms with E-state index < -0.39 is 0 Å². The molecule has 6 heteroatoms. The Hall–Kier alpha value is -0.840. The number of ether oxygens (including phenoxy) is 1. The highest BCUT2D eigenvalue weighted by atomic mass is 35.5. The number of halogens is 2. The molecule has 0 atom stereocenters. The van der Waals surface area contributed by atoms with E-state index in [0.717, 1.165) is 26.9 Å². The summed E-state index contributed by atoms with van der Waals surface area (Å²) in [4.78, 5) is 0. The Morgan fingerprint density at radius 1 is 1.32 bits per heavy atom. The number of hydrogen-bond acceptors (Lipinski definition) is 4. The van der Waals surface area contributed by atoms with E-state index in [2.05, 4.69) is 24.0 Å². The van der Waals surface area contributed by atoms with Crippen LogP contribution in [-0.4, -0.2) is 10.2 Å². The maximum atomic E-state index is 6.23. The quantitative estimate of drug-likeness (QED) is 0.731. The van der Waals surface area contributed by atoms with Crippen LogP contribution in [0.2, 0.25) is 5.02 Å². The van der Waals surface area contributed by atoms with Crippen molar-refractivity contribution in [1.82, 2.24) is 10.2 Å². The van der Waals surface area contributed by atoms with Crippen molar-refractivity contribution in [3.8, 4) is 10.9 Å². The lowest BCUT2D eigenvalue weighted by Gasteiger charge is -2.12. The third kappa shape index (κ3) is 3.38. The molecule has 0 N–H and O–H groups in total. The van der Waals surface area contributed by atoms with E-state index in [4.69, 9.17) is 27.9 Å². The van der Waals surface area contributed by atoms with Gasteiger partial charge < -0.3 is 4.74 Å². The molecule has 1 heterocycles. The molecule has 0 saturated carbocycles. The number of aryl methyl sites for hydroxylation is 1. The van der Waals surface area contributed by atoms with Gasteiger partial charge in [-0.05, 0) is 36.1 Å². The van der Waals surface area contributed by atoms with Crippen molar-refractivity contribution in [3.05, 3.63) is 33.3 Å². The van der Waals surface area contributed by atoms with Crippen molar-refractivity contribution < 1.29 is 4.74 Å². The zero-order chi connectivity index (χ0) is 14.0. The summed E-state index contributed by atoms with van der Waals surface area (Å²) >= 11 is 13.3. The highest BCUT2D eigenvalue weighted by molar-refractivity contribution is 7.13. The van der Waals surface area contributed by atoms with Crippen molar-refractivity contribution in [3.63, 3.8) is 0 Å². The van der Waals surface area contributed by atoms with E-state index in [1.54, 1.807) is 0 Å². The molecule has 0 aliphatic heterocycles. The first-order valence-corrected chi connectivity index (χ1v) is 7.60. The Balaban J connectivity index is 2.31. The van der Waals surface area contributed by atoms with E-state index in [1.807, 2.05) is 19.1 Å². The Morgan fingerprint density at radius 2 is 2.05 bits per heavy atom. The van der Waals surface area contributed by atoms with Gasteiger partial charge in [0.05, 0.1) is 5.88 Å². The normalized spacial score (nSPS) is 11.1. The predicted octanol–water partition coefficient (Wildman–Crippen LogP) is 5.15. The van der Waals surface area contributed by atoms with Crippen LogP contribution in [0.5, 0.6) is 10.9 Å². The van der Waals surface area contributed by atoms with Gasteiger partial charge in [0.1, 0.15) is 10.8 Å². The van der Waals surface area contributed by atoms with Gasteiger partial charge in [-0.2, -0.15) is 0 Å². The highest BCUT2D eigenvalue weighted by Gasteiger charge is 2.12. The summed E-state index contributed by atoms with van der Waals surface area (Å²) in [6.45, 7) is 6.14. The summed E-state index contributed by atoms with van der Waals surface area (Å²) < 4.78 is 5.77. The molecule has 0 aliphatic rings. The largest absolute Gasteiger partial charge is 0.430 e. The molecule has 0 radical (unpaired) electrons. The lowest BCUT2D eigenvalue weighted by Crippen LogP contribution is -1.94. The topological polar surface area (TPSA) is 35.0 Å². The molecule has 2 aromatic rings. The van der Waals surface area contributed by atoms with Crippen molar-refractivity contribution in [2.24, 2.45) is 0 Å². The summed E-state index contributed by atoms with van der Waals surface area (Å²) in [5.74, 6) is 1.44. The van der Waals surface area contributed by atoms with Gasteiger partial charge in [0, 0.05) is 5.02 Å². The van der Waals surface area contributed by atoms with Crippen LogP contribution in [0.3, 0.4) is 0 Å². The molecule has 19 heavy (non-hydrogen) atoms. The van der Waals surface area contributed by atoms with Crippen LogP contribution in [-0.2, 0) is 5.88 Å². The Morgan fingerprint density at radius 3 is 2.63 bits per heavy atom. The smallest absolute Gasteiger partial charge is 0.299 e. The third-order valence-corrected chi connectivity index (χ3v) is 4.22. The number of alkyl halides is 1. The fourth-order valence-corrected chi connectivity index (χ4v) is 2.85. The SMILES string of the molecule is Cc1cc(Cl)c(C(C)C)cc1Oc1nnc(CCl)s1. The number of nitrogens with zero attached hydrogens (tertiary/aromatic N) is 2. The van der Waals surface area contributed by atoms with Crippen LogP contribution < -0.4 is 4.74 Å². The van der Waals surface area contributed by atoms with Crippen molar-refractivity contribution in [2.75, 3.05) is 0 Å². The summed E-state index contributed by atoms with van der Waals surface area (Å²) in [6.07, 6.45) is 0. The minimum atomic E-state index is 0.336. The first-order valence-electron chi connectivity index (χ1n) is 5.87. The monoisotopic (exact) mass is 316 g/mol. The molecule has 0 aliphatic carbocycles. The van der Waals surface area contributed by atoms with Crippen LogP contribution in [0.15, 0.2) is 12.1 Å². The lowest BCUT2D eigenvalue weighted by atomic mass is 10.0. The molecule has 2 rings (SSSR count). The second-order valence-electron chi connectivity index (χ2n) is 4.49. The zero-order valence-electron chi connectivity index (χ0n) is 10.9. The molecule has 1 aromatic carbocycles. The maximum Gasteiger partial charge on any atom is 0.299 e.